The highest BCUT2D eigenvalue weighted by atomic mass is 35.5. The third-order valence-corrected chi connectivity index (χ3v) is 3.17. The highest BCUT2D eigenvalue weighted by Gasteiger charge is 2.16. The summed E-state index contributed by atoms with van der Waals surface area (Å²) in [7, 11) is 1.71. The summed E-state index contributed by atoms with van der Waals surface area (Å²) in [5, 5.41) is 0. The van der Waals surface area contributed by atoms with Crippen LogP contribution in [0.5, 0.6) is 5.75 Å². The average Bonchev–Trinajstić information content (AvgIpc) is 2.46. The molecule has 1 unspecified atom stereocenters. The molecule has 0 aromatic heterocycles. The van der Waals surface area contributed by atoms with Crippen molar-refractivity contribution in [2.45, 2.75) is 12.3 Å². The molecular weight excluding hydrogens is 258 g/mol. The predicted octanol–water partition coefficient (Wildman–Crippen LogP) is 3.60. The van der Waals surface area contributed by atoms with Crippen LogP contribution in [0.1, 0.15) is 23.5 Å². The van der Waals surface area contributed by atoms with Crippen molar-refractivity contribution in [2.75, 3.05) is 13.7 Å². The standard InChI is InChI=1S/C16H19NO.ClH/c1-18-16-10-6-5-9-15(16)14(11-12-17)13-7-3-2-4-8-13;/h2-10,14H,11-12,17H2,1H3;1H. The molecule has 0 bridgehead atoms. The number of benzene rings is 2. The Labute approximate surface area is 121 Å². The molecule has 3 heteroatoms. The molecule has 0 aliphatic heterocycles. The third-order valence-electron chi connectivity index (χ3n) is 3.17. The zero-order valence-corrected chi connectivity index (χ0v) is 11.9. The van der Waals surface area contributed by atoms with Gasteiger partial charge in [-0.3, -0.25) is 0 Å². The maximum absolute atomic E-state index is 5.75. The molecule has 0 amide bonds. The van der Waals surface area contributed by atoms with E-state index in [1.807, 2.05) is 24.3 Å². The van der Waals surface area contributed by atoms with Crippen molar-refractivity contribution in [1.29, 1.82) is 0 Å². The average molecular weight is 278 g/mol. The van der Waals surface area contributed by atoms with Gasteiger partial charge < -0.3 is 10.5 Å². The van der Waals surface area contributed by atoms with Crippen LogP contribution in [0.3, 0.4) is 0 Å². The van der Waals surface area contributed by atoms with Crippen molar-refractivity contribution >= 4 is 12.4 Å². The summed E-state index contributed by atoms with van der Waals surface area (Å²) >= 11 is 0. The SMILES string of the molecule is COc1ccccc1C(CCN)c1ccccc1.Cl. The van der Waals surface area contributed by atoms with E-state index in [-0.39, 0.29) is 12.4 Å². The first kappa shape index (κ1) is 15.5. The van der Waals surface area contributed by atoms with Crippen LogP contribution >= 0.6 is 12.4 Å². The molecule has 1 atom stereocenters. The van der Waals surface area contributed by atoms with Crippen molar-refractivity contribution in [3.05, 3.63) is 65.7 Å². The molecule has 0 spiro atoms. The first-order valence-electron chi connectivity index (χ1n) is 6.24. The first-order chi connectivity index (χ1) is 8.86. The van der Waals surface area contributed by atoms with E-state index in [1.165, 1.54) is 11.1 Å². The van der Waals surface area contributed by atoms with Crippen LogP contribution in [-0.4, -0.2) is 13.7 Å². The maximum atomic E-state index is 5.75. The smallest absolute Gasteiger partial charge is 0.122 e. The lowest BCUT2D eigenvalue weighted by atomic mass is 9.88. The van der Waals surface area contributed by atoms with E-state index >= 15 is 0 Å². The number of ether oxygens (including phenoxy) is 1. The molecule has 0 heterocycles. The van der Waals surface area contributed by atoms with Crippen LogP contribution in [0.25, 0.3) is 0 Å². The van der Waals surface area contributed by atoms with Gasteiger partial charge in [0.25, 0.3) is 0 Å². The van der Waals surface area contributed by atoms with Crippen LogP contribution in [0.15, 0.2) is 54.6 Å². The lowest BCUT2D eigenvalue weighted by Gasteiger charge is -2.19. The molecule has 2 aromatic rings. The highest BCUT2D eigenvalue weighted by Crippen LogP contribution is 2.33. The number of nitrogens with two attached hydrogens (primary N) is 1. The molecule has 2 nitrogen and oxygen atoms in total. The number of rotatable bonds is 5. The summed E-state index contributed by atoms with van der Waals surface area (Å²) in [4.78, 5) is 0. The molecule has 0 aliphatic carbocycles. The molecule has 0 saturated heterocycles. The molecule has 2 N–H and O–H groups in total. The first-order valence-corrected chi connectivity index (χ1v) is 6.24. The molecule has 102 valence electrons. The lowest BCUT2D eigenvalue weighted by Crippen LogP contribution is -2.09. The molecular formula is C16H20ClNO. The fraction of sp³-hybridized carbons (Fsp3) is 0.250. The Bertz CT molecular complexity index is 487. The van der Waals surface area contributed by atoms with Crippen molar-refractivity contribution in [1.82, 2.24) is 0 Å². The number of hydrogen-bond acceptors (Lipinski definition) is 2. The molecule has 0 aliphatic rings. The van der Waals surface area contributed by atoms with Crippen LogP contribution in [0, 0.1) is 0 Å². The van der Waals surface area contributed by atoms with Gasteiger partial charge in [-0.2, -0.15) is 0 Å². The van der Waals surface area contributed by atoms with E-state index < -0.39 is 0 Å². The van der Waals surface area contributed by atoms with E-state index in [0.29, 0.717) is 12.5 Å². The zero-order valence-electron chi connectivity index (χ0n) is 11.1. The van der Waals surface area contributed by atoms with Crippen LogP contribution < -0.4 is 10.5 Å². The molecule has 2 aromatic carbocycles. The Hall–Kier alpha value is -1.51. The zero-order chi connectivity index (χ0) is 12.8. The normalized spacial score (nSPS) is 11.5. The topological polar surface area (TPSA) is 35.2 Å². The van der Waals surface area contributed by atoms with E-state index in [4.69, 9.17) is 10.5 Å². The second-order valence-corrected chi connectivity index (χ2v) is 4.28. The summed E-state index contributed by atoms with van der Waals surface area (Å²) in [6, 6.07) is 18.6. The van der Waals surface area contributed by atoms with Gasteiger partial charge in [0.05, 0.1) is 7.11 Å². The van der Waals surface area contributed by atoms with Gasteiger partial charge in [-0.05, 0) is 24.6 Å². The fourth-order valence-electron chi connectivity index (χ4n) is 2.31. The molecule has 0 radical (unpaired) electrons. The van der Waals surface area contributed by atoms with E-state index in [0.717, 1.165) is 12.2 Å². The van der Waals surface area contributed by atoms with Gasteiger partial charge in [0, 0.05) is 11.5 Å². The van der Waals surface area contributed by atoms with E-state index in [9.17, 15) is 0 Å². The number of methoxy groups -OCH3 is 1. The highest BCUT2D eigenvalue weighted by molar-refractivity contribution is 5.85. The van der Waals surface area contributed by atoms with Crippen molar-refractivity contribution in [2.24, 2.45) is 5.73 Å². The van der Waals surface area contributed by atoms with Crippen molar-refractivity contribution in [3.8, 4) is 5.75 Å². The van der Waals surface area contributed by atoms with Gasteiger partial charge in [0.1, 0.15) is 5.75 Å². The van der Waals surface area contributed by atoms with Crippen molar-refractivity contribution in [3.63, 3.8) is 0 Å². The summed E-state index contributed by atoms with van der Waals surface area (Å²) in [5.41, 5.74) is 8.24. The van der Waals surface area contributed by atoms with Gasteiger partial charge in [-0.1, -0.05) is 48.5 Å². The minimum absolute atomic E-state index is 0. The van der Waals surface area contributed by atoms with Gasteiger partial charge in [-0.25, -0.2) is 0 Å². The number of halogens is 1. The minimum atomic E-state index is 0. The van der Waals surface area contributed by atoms with Crippen molar-refractivity contribution < 1.29 is 4.74 Å². The summed E-state index contributed by atoms with van der Waals surface area (Å²) < 4.78 is 5.45. The van der Waals surface area contributed by atoms with Crippen LogP contribution in [0.4, 0.5) is 0 Å². The molecule has 0 fully saturated rings. The fourth-order valence-corrected chi connectivity index (χ4v) is 2.31. The quantitative estimate of drug-likeness (QED) is 0.906. The largest absolute Gasteiger partial charge is 0.496 e. The maximum Gasteiger partial charge on any atom is 0.122 e. The molecule has 2 rings (SSSR count). The Balaban J connectivity index is 0.00000180. The number of para-hydroxylation sites is 1. The number of hydrogen-bond donors (Lipinski definition) is 1. The second kappa shape index (κ2) is 7.82. The molecule has 19 heavy (non-hydrogen) atoms. The summed E-state index contributed by atoms with van der Waals surface area (Å²) in [6.45, 7) is 0.664. The monoisotopic (exact) mass is 277 g/mol. The second-order valence-electron chi connectivity index (χ2n) is 4.28. The van der Waals surface area contributed by atoms with Gasteiger partial charge in [0.2, 0.25) is 0 Å². The minimum Gasteiger partial charge on any atom is -0.496 e. The Morgan fingerprint density at radius 1 is 1.00 bits per heavy atom. The van der Waals surface area contributed by atoms with Crippen LogP contribution in [-0.2, 0) is 0 Å². The summed E-state index contributed by atoms with van der Waals surface area (Å²) in [6.07, 6.45) is 0.921. The molecule has 0 saturated carbocycles. The Kier molecular flexibility index (Phi) is 6.40. The van der Waals surface area contributed by atoms with E-state index in [2.05, 4.69) is 30.3 Å². The van der Waals surface area contributed by atoms with E-state index in [1.54, 1.807) is 7.11 Å². The predicted molar refractivity (Wildman–Crippen MR) is 82.2 cm³/mol. The lowest BCUT2D eigenvalue weighted by molar-refractivity contribution is 0.406. The van der Waals surface area contributed by atoms with Gasteiger partial charge >= 0.3 is 0 Å². The van der Waals surface area contributed by atoms with Crippen LogP contribution in [0.2, 0.25) is 0 Å². The Morgan fingerprint density at radius 2 is 1.63 bits per heavy atom. The Morgan fingerprint density at radius 3 is 2.26 bits per heavy atom. The third kappa shape index (κ3) is 3.72. The van der Waals surface area contributed by atoms with Gasteiger partial charge in [-0.15, -0.1) is 12.4 Å². The van der Waals surface area contributed by atoms with Gasteiger partial charge in [0.15, 0.2) is 0 Å². The summed E-state index contributed by atoms with van der Waals surface area (Å²) in [5.74, 6) is 1.23.